The first-order chi connectivity index (χ1) is 11.2. The Morgan fingerprint density at radius 3 is 2.38 bits per heavy atom. The van der Waals surface area contributed by atoms with Crippen molar-refractivity contribution in [2.75, 3.05) is 0 Å². The van der Waals surface area contributed by atoms with Crippen LogP contribution in [-0.4, -0.2) is 0 Å². The van der Waals surface area contributed by atoms with E-state index in [0.717, 1.165) is 23.7 Å². The van der Waals surface area contributed by atoms with Crippen LogP contribution in [0.1, 0.15) is 92.9 Å². The maximum atomic E-state index is 2.51. The maximum Gasteiger partial charge on any atom is 0.000450 e. The van der Waals surface area contributed by atoms with Crippen molar-refractivity contribution in [3.05, 3.63) is 24.3 Å². The molecule has 0 aromatic heterocycles. The molecule has 0 aliphatic heterocycles. The molecule has 4 atom stereocenters. The van der Waals surface area contributed by atoms with Crippen molar-refractivity contribution in [3.8, 4) is 0 Å². The van der Waals surface area contributed by atoms with Crippen LogP contribution in [0.4, 0.5) is 0 Å². The third kappa shape index (κ3) is 6.41. The van der Waals surface area contributed by atoms with Gasteiger partial charge in [0.15, 0.2) is 0 Å². The Labute approximate surface area is 152 Å². The van der Waals surface area contributed by atoms with Gasteiger partial charge in [-0.05, 0) is 67.6 Å². The van der Waals surface area contributed by atoms with Crippen LogP contribution in [0.25, 0.3) is 0 Å². The minimum absolute atomic E-state index is 0.247. The Kier molecular flexibility index (Phi) is 6.80. The highest BCUT2D eigenvalue weighted by Crippen LogP contribution is 2.40. The fourth-order valence-electron chi connectivity index (χ4n) is 4.68. The molecule has 2 rings (SSSR count). The normalized spacial score (nSPS) is 31.9. The average molecular weight is 331 g/mol. The molecule has 138 valence electrons. The summed E-state index contributed by atoms with van der Waals surface area (Å²) in [4.78, 5) is 0. The van der Waals surface area contributed by atoms with Crippen molar-refractivity contribution in [2.24, 2.45) is 34.5 Å². The van der Waals surface area contributed by atoms with Gasteiger partial charge in [0.05, 0.1) is 0 Å². The van der Waals surface area contributed by atoms with E-state index in [1.54, 1.807) is 0 Å². The van der Waals surface area contributed by atoms with Gasteiger partial charge in [-0.15, -0.1) is 0 Å². The fraction of sp³-hybridized carbons (Fsp3) is 0.833. The van der Waals surface area contributed by atoms with E-state index in [-0.39, 0.29) is 5.41 Å². The molecule has 0 nitrogen and oxygen atoms in total. The highest BCUT2D eigenvalue weighted by atomic mass is 14.3. The smallest absolute Gasteiger partial charge is 0.000450 e. The van der Waals surface area contributed by atoms with Crippen LogP contribution in [-0.2, 0) is 0 Å². The van der Waals surface area contributed by atoms with Gasteiger partial charge >= 0.3 is 0 Å². The summed E-state index contributed by atoms with van der Waals surface area (Å²) in [7, 11) is 0. The molecule has 2 aliphatic carbocycles. The second kappa shape index (κ2) is 8.24. The van der Waals surface area contributed by atoms with E-state index in [0.29, 0.717) is 5.41 Å². The molecule has 0 radical (unpaired) electrons. The van der Waals surface area contributed by atoms with Crippen LogP contribution in [0.15, 0.2) is 24.3 Å². The third-order valence-electron chi connectivity index (χ3n) is 6.83. The lowest BCUT2D eigenvalue weighted by molar-refractivity contribution is 0.250. The predicted octanol–water partition coefficient (Wildman–Crippen LogP) is 7.80. The van der Waals surface area contributed by atoms with E-state index in [2.05, 4.69) is 65.8 Å². The first-order valence-electron chi connectivity index (χ1n) is 10.5. The fourth-order valence-corrected chi connectivity index (χ4v) is 4.68. The van der Waals surface area contributed by atoms with Crippen molar-refractivity contribution in [3.63, 3.8) is 0 Å². The largest absolute Gasteiger partial charge is 0.0871 e. The Hall–Kier alpha value is -0.520. The quantitative estimate of drug-likeness (QED) is 0.356. The first-order valence-corrected chi connectivity index (χ1v) is 10.5. The second-order valence-corrected chi connectivity index (χ2v) is 10.5. The lowest BCUT2D eigenvalue weighted by Crippen LogP contribution is -2.16. The van der Waals surface area contributed by atoms with Crippen molar-refractivity contribution in [1.82, 2.24) is 0 Å². The molecule has 4 unspecified atom stereocenters. The molecule has 0 heteroatoms. The van der Waals surface area contributed by atoms with Gasteiger partial charge in [0.1, 0.15) is 0 Å². The molecule has 24 heavy (non-hydrogen) atoms. The molecule has 0 saturated heterocycles. The second-order valence-electron chi connectivity index (χ2n) is 10.5. The highest BCUT2D eigenvalue weighted by Gasteiger charge is 2.27. The summed E-state index contributed by atoms with van der Waals surface area (Å²) in [6.45, 7) is 14.6. The minimum Gasteiger partial charge on any atom is -0.0871 e. The van der Waals surface area contributed by atoms with Gasteiger partial charge in [-0.3, -0.25) is 0 Å². The summed E-state index contributed by atoms with van der Waals surface area (Å²) in [5.74, 6) is 3.43. The molecule has 0 heterocycles. The monoisotopic (exact) mass is 330 g/mol. The molecule has 0 aromatic carbocycles. The summed E-state index contributed by atoms with van der Waals surface area (Å²) in [5.41, 5.74) is 0.838. The minimum atomic E-state index is 0.247. The highest BCUT2D eigenvalue weighted by molar-refractivity contribution is 5.13. The van der Waals surface area contributed by atoms with Crippen LogP contribution < -0.4 is 0 Å². The van der Waals surface area contributed by atoms with Crippen molar-refractivity contribution < 1.29 is 0 Å². The van der Waals surface area contributed by atoms with Crippen LogP contribution in [0.5, 0.6) is 0 Å². The van der Waals surface area contributed by atoms with Gasteiger partial charge in [-0.25, -0.2) is 0 Å². The number of hydrogen-bond donors (Lipinski definition) is 0. The Morgan fingerprint density at radius 2 is 1.62 bits per heavy atom. The Morgan fingerprint density at radius 1 is 0.917 bits per heavy atom. The van der Waals surface area contributed by atoms with Crippen LogP contribution >= 0.6 is 0 Å². The summed E-state index contributed by atoms with van der Waals surface area (Å²) in [6.07, 6.45) is 21.0. The molecule has 1 fully saturated rings. The predicted molar refractivity (Wildman–Crippen MR) is 108 cm³/mol. The van der Waals surface area contributed by atoms with E-state index in [1.807, 2.05) is 0 Å². The van der Waals surface area contributed by atoms with Crippen LogP contribution in [0.3, 0.4) is 0 Å². The molecule has 0 aromatic rings. The van der Waals surface area contributed by atoms with Crippen LogP contribution in [0, 0.1) is 34.5 Å². The molecule has 0 bridgehead atoms. The molecule has 0 spiro atoms. The molecule has 2 aliphatic rings. The van der Waals surface area contributed by atoms with E-state index >= 15 is 0 Å². The van der Waals surface area contributed by atoms with Gasteiger partial charge in [0.2, 0.25) is 0 Å². The van der Waals surface area contributed by atoms with Gasteiger partial charge in [-0.2, -0.15) is 0 Å². The Bertz CT molecular complexity index is 437. The third-order valence-corrected chi connectivity index (χ3v) is 6.83. The summed E-state index contributed by atoms with van der Waals surface area (Å²) in [6, 6.07) is 0. The molecule has 0 N–H and O–H groups in total. The van der Waals surface area contributed by atoms with E-state index < -0.39 is 0 Å². The van der Waals surface area contributed by atoms with E-state index in [4.69, 9.17) is 0 Å². The summed E-state index contributed by atoms with van der Waals surface area (Å²) < 4.78 is 0. The first kappa shape index (κ1) is 19.8. The van der Waals surface area contributed by atoms with Gasteiger partial charge in [0.25, 0.3) is 0 Å². The van der Waals surface area contributed by atoms with Crippen molar-refractivity contribution in [1.29, 1.82) is 0 Å². The Balaban J connectivity index is 1.82. The lowest BCUT2D eigenvalue weighted by Gasteiger charge is -2.27. The zero-order chi connectivity index (χ0) is 17.8. The topological polar surface area (TPSA) is 0 Å². The van der Waals surface area contributed by atoms with Gasteiger partial charge < -0.3 is 0 Å². The summed E-state index contributed by atoms with van der Waals surface area (Å²) in [5, 5.41) is 0. The molecular weight excluding hydrogens is 288 g/mol. The van der Waals surface area contributed by atoms with Crippen molar-refractivity contribution in [2.45, 2.75) is 92.9 Å². The maximum absolute atomic E-state index is 2.51. The van der Waals surface area contributed by atoms with Gasteiger partial charge in [-0.1, -0.05) is 78.7 Å². The summed E-state index contributed by atoms with van der Waals surface area (Å²) >= 11 is 0. The molecule has 1 saturated carbocycles. The standard InChI is InChI=1S/C24H42/c1-19(17-21-9-7-13-23(3,4)15-11-21)20(2)18-22-10-8-14-24(5,6)16-12-22/h7,11,13,15,19-22H,8-10,12,14,16-18H2,1-6H3. The number of allylic oxidation sites excluding steroid dienone is 4. The molecular formula is C24H42. The average Bonchev–Trinajstić information content (AvgIpc) is 2.75. The number of hydrogen-bond acceptors (Lipinski definition) is 0. The van der Waals surface area contributed by atoms with Gasteiger partial charge in [0, 0.05) is 5.41 Å². The number of rotatable bonds is 5. The van der Waals surface area contributed by atoms with Crippen molar-refractivity contribution >= 4 is 0 Å². The van der Waals surface area contributed by atoms with Crippen LogP contribution in [0.2, 0.25) is 0 Å². The molecule has 0 amide bonds. The van der Waals surface area contributed by atoms with E-state index in [9.17, 15) is 0 Å². The zero-order valence-corrected chi connectivity index (χ0v) is 17.3. The lowest BCUT2D eigenvalue weighted by atomic mass is 9.78. The van der Waals surface area contributed by atoms with E-state index in [1.165, 1.54) is 51.4 Å². The zero-order valence-electron chi connectivity index (χ0n) is 17.3. The SMILES string of the molecule is CC(CC1C=CC(C)(C)C=CC1)C(C)CC1CCCC(C)(C)CC1.